The Balaban J connectivity index is 1.46. The second-order valence-electron chi connectivity index (χ2n) is 7.40. The lowest BCUT2D eigenvalue weighted by atomic mass is 9.87. The minimum absolute atomic E-state index is 0.00444. The molecule has 2 atom stereocenters. The maximum absolute atomic E-state index is 12.8. The molecule has 4 heteroatoms. The van der Waals surface area contributed by atoms with Crippen LogP contribution in [0.4, 0.5) is 5.69 Å². The van der Waals surface area contributed by atoms with Gasteiger partial charge in [-0.05, 0) is 55.0 Å². The second-order valence-corrected chi connectivity index (χ2v) is 7.40. The van der Waals surface area contributed by atoms with Crippen LogP contribution in [0.25, 0.3) is 0 Å². The molecule has 26 heavy (non-hydrogen) atoms. The fraction of sp³-hybridized carbons (Fsp3) is 0.364. The number of benzene rings is 2. The minimum atomic E-state index is -0.280. The van der Waals surface area contributed by atoms with Gasteiger partial charge in [-0.3, -0.25) is 9.59 Å². The van der Waals surface area contributed by atoms with Crippen LogP contribution in [0, 0.1) is 12.8 Å². The predicted molar refractivity (Wildman–Crippen MR) is 102 cm³/mol. The molecule has 0 spiro atoms. The summed E-state index contributed by atoms with van der Waals surface area (Å²) in [5.41, 5.74) is 4.55. The lowest BCUT2D eigenvalue weighted by Crippen LogP contribution is -2.36. The molecule has 1 aliphatic heterocycles. The van der Waals surface area contributed by atoms with Gasteiger partial charge in [-0.25, -0.2) is 0 Å². The number of carbonyl (C=O) groups is 2. The molecule has 2 aromatic carbocycles. The van der Waals surface area contributed by atoms with Crippen LogP contribution in [-0.2, 0) is 16.0 Å². The molecule has 0 unspecified atom stereocenters. The highest BCUT2D eigenvalue weighted by molar-refractivity contribution is 6.00. The van der Waals surface area contributed by atoms with Crippen molar-refractivity contribution in [2.24, 2.45) is 5.92 Å². The number of anilines is 1. The van der Waals surface area contributed by atoms with E-state index < -0.39 is 0 Å². The van der Waals surface area contributed by atoms with Crippen molar-refractivity contribution in [2.75, 3.05) is 11.4 Å². The standard InChI is InChI=1S/C22H24N2O2/c1-15-6-4-9-18(12-15)24-14-17(13-21(24)25)22(26)23-20-11-5-8-16-7-2-3-10-19(16)20/h2-4,6-7,9-10,12,17,20H,5,8,11,13-14H2,1H3,(H,23,26)/t17-,20-/m1/s1. The average Bonchev–Trinajstić information content (AvgIpc) is 3.04. The molecule has 2 amide bonds. The molecule has 0 saturated carbocycles. The van der Waals surface area contributed by atoms with Crippen LogP contribution in [0.15, 0.2) is 48.5 Å². The molecule has 1 aliphatic carbocycles. The summed E-state index contributed by atoms with van der Waals surface area (Å²) in [6.45, 7) is 2.47. The highest BCUT2D eigenvalue weighted by Gasteiger charge is 2.36. The molecule has 1 fully saturated rings. The van der Waals surface area contributed by atoms with Gasteiger partial charge in [0, 0.05) is 18.7 Å². The number of carbonyl (C=O) groups excluding carboxylic acids is 2. The van der Waals surface area contributed by atoms with Crippen molar-refractivity contribution in [1.82, 2.24) is 5.32 Å². The average molecular weight is 348 g/mol. The summed E-state index contributed by atoms with van der Waals surface area (Å²) in [5.74, 6) is -0.257. The minimum Gasteiger partial charge on any atom is -0.349 e. The Morgan fingerprint density at radius 3 is 2.85 bits per heavy atom. The molecule has 134 valence electrons. The van der Waals surface area contributed by atoms with Crippen LogP contribution in [0.5, 0.6) is 0 Å². The second kappa shape index (κ2) is 6.94. The summed E-state index contributed by atoms with van der Waals surface area (Å²) in [6, 6.07) is 16.3. The summed E-state index contributed by atoms with van der Waals surface area (Å²) in [4.78, 5) is 27.0. The molecule has 4 nitrogen and oxygen atoms in total. The summed E-state index contributed by atoms with van der Waals surface area (Å²) in [5, 5.41) is 3.20. The molecule has 1 N–H and O–H groups in total. The Morgan fingerprint density at radius 2 is 2.00 bits per heavy atom. The molecule has 4 rings (SSSR count). The van der Waals surface area contributed by atoms with E-state index in [0.29, 0.717) is 6.54 Å². The Bertz CT molecular complexity index is 846. The highest BCUT2D eigenvalue weighted by atomic mass is 16.2. The van der Waals surface area contributed by atoms with Gasteiger partial charge in [-0.15, -0.1) is 0 Å². The highest BCUT2D eigenvalue weighted by Crippen LogP contribution is 2.31. The number of hydrogen-bond donors (Lipinski definition) is 1. The lowest BCUT2D eigenvalue weighted by molar-refractivity contribution is -0.127. The summed E-state index contributed by atoms with van der Waals surface area (Å²) in [7, 11) is 0. The van der Waals surface area contributed by atoms with Crippen molar-refractivity contribution in [3.63, 3.8) is 0 Å². The molecule has 0 bridgehead atoms. The van der Waals surface area contributed by atoms with E-state index in [2.05, 4.69) is 23.5 Å². The van der Waals surface area contributed by atoms with Gasteiger partial charge in [-0.1, -0.05) is 36.4 Å². The monoisotopic (exact) mass is 348 g/mol. The smallest absolute Gasteiger partial charge is 0.227 e. The first kappa shape index (κ1) is 16.8. The zero-order valence-corrected chi connectivity index (χ0v) is 15.1. The van der Waals surface area contributed by atoms with E-state index in [-0.39, 0.29) is 30.2 Å². The maximum Gasteiger partial charge on any atom is 0.227 e. The molecule has 2 aromatic rings. The lowest BCUT2D eigenvalue weighted by Gasteiger charge is -2.27. The van der Waals surface area contributed by atoms with E-state index in [1.807, 2.05) is 37.3 Å². The van der Waals surface area contributed by atoms with Crippen molar-refractivity contribution in [1.29, 1.82) is 0 Å². The Morgan fingerprint density at radius 1 is 1.15 bits per heavy atom. The first-order valence-corrected chi connectivity index (χ1v) is 9.37. The number of fused-ring (bicyclic) bond motifs is 1. The Kier molecular flexibility index (Phi) is 4.49. The number of hydrogen-bond acceptors (Lipinski definition) is 2. The van der Waals surface area contributed by atoms with Crippen molar-refractivity contribution >= 4 is 17.5 Å². The number of nitrogens with one attached hydrogen (secondary N) is 1. The van der Waals surface area contributed by atoms with Gasteiger partial charge < -0.3 is 10.2 Å². The topological polar surface area (TPSA) is 49.4 Å². The summed E-state index contributed by atoms with van der Waals surface area (Å²) in [6.07, 6.45) is 3.41. The van der Waals surface area contributed by atoms with Gasteiger partial charge in [0.15, 0.2) is 0 Å². The van der Waals surface area contributed by atoms with Crippen LogP contribution in [-0.4, -0.2) is 18.4 Å². The Labute approximate surface area is 154 Å². The first-order chi connectivity index (χ1) is 12.6. The van der Waals surface area contributed by atoms with Crippen LogP contribution < -0.4 is 10.2 Å². The fourth-order valence-corrected chi connectivity index (χ4v) is 4.12. The van der Waals surface area contributed by atoms with Crippen molar-refractivity contribution in [3.8, 4) is 0 Å². The molecule has 0 radical (unpaired) electrons. The summed E-state index contributed by atoms with van der Waals surface area (Å²) < 4.78 is 0. The van der Waals surface area contributed by atoms with Gasteiger partial charge in [0.1, 0.15) is 0 Å². The van der Waals surface area contributed by atoms with E-state index in [0.717, 1.165) is 30.5 Å². The SMILES string of the molecule is Cc1cccc(N2C[C@H](C(=O)N[C@@H]3CCCc4ccccc43)CC2=O)c1. The number of amides is 2. The van der Waals surface area contributed by atoms with E-state index in [4.69, 9.17) is 0 Å². The van der Waals surface area contributed by atoms with Crippen molar-refractivity contribution < 1.29 is 9.59 Å². The molecule has 2 aliphatic rings. The third kappa shape index (κ3) is 3.24. The number of nitrogens with zero attached hydrogens (tertiary/aromatic N) is 1. The van der Waals surface area contributed by atoms with Gasteiger partial charge >= 0.3 is 0 Å². The van der Waals surface area contributed by atoms with Crippen LogP contribution in [0.1, 0.15) is 42.0 Å². The van der Waals surface area contributed by atoms with Crippen molar-refractivity contribution in [2.45, 2.75) is 38.6 Å². The molecule has 1 saturated heterocycles. The van der Waals surface area contributed by atoms with E-state index in [1.165, 1.54) is 11.1 Å². The van der Waals surface area contributed by atoms with Gasteiger partial charge in [0.25, 0.3) is 0 Å². The molecule has 0 aromatic heterocycles. The largest absolute Gasteiger partial charge is 0.349 e. The Hall–Kier alpha value is -2.62. The van der Waals surface area contributed by atoms with Gasteiger partial charge in [0.05, 0.1) is 12.0 Å². The number of rotatable bonds is 3. The van der Waals surface area contributed by atoms with Crippen LogP contribution in [0.2, 0.25) is 0 Å². The van der Waals surface area contributed by atoms with Crippen LogP contribution >= 0.6 is 0 Å². The van der Waals surface area contributed by atoms with E-state index in [1.54, 1.807) is 4.90 Å². The predicted octanol–water partition coefficient (Wildman–Crippen LogP) is 3.54. The quantitative estimate of drug-likeness (QED) is 0.922. The third-order valence-corrected chi connectivity index (χ3v) is 5.50. The molecular formula is C22H24N2O2. The summed E-state index contributed by atoms with van der Waals surface area (Å²) >= 11 is 0. The van der Waals surface area contributed by atoms with Gasteiger partial charge in [0.2, 0.25) is 11.8 Å². The van der Waals surface area contributed by atoms with Gasteiger partial charge in [-0.2, -0.15) is 0 Å². The van der Waals surface area contributed by atoms with E-state index >= 15 is 0 Å². The zero-order valence-electron chi connectivity index (χ0n) is 15.1. The maximum atomic E-state index is 12.8. The number of aryl methyl sites for hydroxylation is 2. The van der Waals surface area contributed by atoms with Crippen molar-refractivity contribution in [3.05, 3.63) is 65.2 Å². The molecular weight excluding hydrogens is 324 g/mol. The first-order valence-electron chi connectivity index (χ1n) is 9.37. The fourth-order valence-electron chi connectivity index (χ4n) is 4.12. The van der Waals surface area contributed by atoms with Crippen LogP contribution in [0.3, 0.4) is 0 Å². The normalized spacial score (nSPS) is 22.2. The zero-order chi connectivity index (χ0) is 18.1. The third-order valence-electron chi connectivity index (χ3n) is 5.50. The molecule has 1 heterocycles. The van der Waals surface area contributed by atoms with E-state index in [9.17, 15) is 9.59 Å².